The maximum atomic E-state index is 10.8. The minimum Gasteiger partial charge on any atom is -0.465 e. The Labute approximate surface area is 92.7 Å². The molecule has 1 aromatic carbocycles. The Balaban J connectivity index is 2.56. The summed E-state index contributed by atoms with van der Waals surface area (Å²) in [6.45, 7) is 4.01. The van der Waals surface area contributed by atoms with Gasteiger partial charge in [-0.1, -0.05) is 0 Å². The fraction of sp³-hybridized carbons (Fsp3) is 0.273. The van der Waals surface area contributed by atoms with Crippen LogP contribution >= 0.6 is 0 Å². The van der Waals surface area contributed by atoms with E-state index >= 15 is 0 Å². The predicted molar refractivity (Wildman–Crippen MR) is 62.0 cm³/mol. The predicted octanol–water partition coefficient (Wildman–Crippen LogP) is 2.29. The van der Waals surface area contributed by atoms with Gasteiger partial charge >= 0.3 is 6.09 Å². The minimum atomic E-state index is -1.03. The number of aromatic nitrogens is 2. The molecule has 0 aliphatic rings. The number of aryl methyl sites for hydroxylation is 2. The van der Waals surface area contributed by atoms with Crippen molar-refractivity contribution in [3.05, 3.63) is 23.3 Å². The van der Waals surface area contributed by atoms with Crippen molar-refractivity contribution in [3.8, 4) is 0 Å². The van der Waals surface area contributed by atoms with Gasteiger partial charge in [0.15, 0.2) is 0 Å². The first kappa shape index (κ1) is 10.5. The number of H-pyrrole nitrogens is 1. The number of benzene rings is 1. The topological polar surface area (TPSA) is 69.2 Å². The van der Waals surface area contributed by atoms with Crippen LogP contribution in [-0.2, 0) is 0 Å². The highest BCUT2D eigenvalue weighted by molar-refractivity contribution is 5.87. The van der Waals surface area contributed by atoms with Gasteiger partial charge in [-0.3, -0.25) is 4.90 Å². The van der Waals surface area contributed by atoms with Crippen molar-refractivity contribution in [2.45, 2.75) is 13.8 Å². The summed E-state index contributed by atoms with van der Waals surface area (Å²) in [6.07, 6.45) is -1.03. The third kappa shape index (κ3) is 1.60. The molecule has 0 radical (unpaired) electrons. The Kier molecular flexibility index (Phi) is 2.30. The largest absolute Gasteiger partial charge is 0.465 e. The van der Waals surface area contributed by atoms with Crippen molar-refractivity contribution >= 4 is 23.1 Å². The third-order valence-corrected chi connectivity index (χ3v) is 2.69. The summed E-state index contributed by atoms with van der Waals surface area (Å²) < 4.78 is 0. The molecule has 2 N–H and O–H groups in total. The van der Waals surface area contributed by atoms with Gasteiger partial charge in [0, 0.05) is 7.05 Å². The lowest BCUT2D eigenvalue weighted by Crippen LogP contribution is -2.24. The molecular formula is C11H13N3O2. The Morgan fingerprint density at radius 3 is 2.62 bits per heavy atom. The van der Waals surface area contributed by atoms with Crippen LogP contribution in [0.1, 0.15) is 11.1 Å². The third-order valence-electron chi connectivity index (χ3n) is 2.69. The lowest BCUT2D eigenvalue weighted by Gasteiger charge is -2.07. The van der Waals surface area contributed by atoms with Crippen LogP contribution in [0.5, 0.6) is 0 Å². The number of nitrogens with one attached hydrogen (secondary N) is 1. The van der Waals surface area contributed by atoms with Gasteiger partial charge in [-0.25, -0.2) is 9.78 Å². The monoisotopic (exact) mass is 219 g/mol. The van der Waals surface area contributed by atoms with Crippen molar-refractivity contribution in [2.75, 3.05) is 11.9 Å². The summed E-state index contributed by atoms with van der Waals surface area (Å²) in [4.78, 5) is 19.0. The van der Waals surface area contributed by atoms with Gasteiger partial charge in [-0.05, 0) is 37.1 Å². The second kappa shape index (κ2) is 3.52. The van der Waals surface area contributed by atoms with Gasteiger partial charge in [0.05, 0.1) is 11.0 Å². The molecular weight excluding hydrogens is 206 g/mol. The lowest BCUT2D eigenvalue weighted by atomic mass is 10.1. The van der Waals surface area contributed by atoms with Crippen LogP contribution in [0.4, 0.5) is 10.7 Å². The second-order valence-corrected chi connectivity index (χ2v) is 3.86. The fourth-order valence-corrected chi connectivity index (χ4v) is 1.51. The zero-order valence-electron chi connectivity index (χ0n) is 9.40. The number of rotatable bonds is 1. The van der Waals surface area contributed by atoms with Crippen LogP contribution in [0.25, 0.3) is 11.0 Å². The van der Waals surface area contributed by atoms with E-state index in [0.29, 0.717) is 5.95 Å². The maximum Gasteiger partial charge on any atom is 0.413 e. The first-order valence-corrected chi connectivity index (χ1v) is 4.92. The zero-order valence-corrected chi connectivity index (χ0v) is 9.40. The van der Waals surface area contributed by atoms with E-state index in [1.165, 1.54) is 7.05 Å². The summed E-state index contributed by atoms with van der Waals surface area (Å²) in [5.41, 5.74) is 3.93. The Bertz CT molecular complexity index is 521. The normalized spacial score (nSPS) is 10.7. The summed E-state index contributed by atoms with van der Waals surface area (Å²) in [7, 11) is 1.46. The van der Waals surface area contributed by atoms with E-state index in [1.807, 2.05) is 26.0 Å². The van der Waals surface area contributed by atoms with Crippen LogP contribution < -0.4 is 4.90 Å². The number of hydrogen-bond acceptors (Lipinski definition) is 2. The SMILES string of the molecule is Cc1cc2nc(N(C)C(=O)O)[nH]c2cc1C. The smallest absolute Gasteiger partial charge is 0.413 e. The van der Waals surface area contributed by atoms with E-state index in [9.17, 15) is 4.79 Å². The molecule has 0 saturated carbocycles. The zero-order chi connectivity index (χ0) is 11.9. The van der Waals surface area contributed by atoms with Crippen molar-refractivity contribution in [1.29, 1.82) is 0 Å². The highest BCUT2D eigenvalue weighted by Crippen LogP contribution is 2.20. The number of anilines is 1. The number of fused-ring (bicyclic) bond motifs is 1. The molecule has 84 valence electrons. The van der Waals surface area contributed by atoms with E-state index < -0.39 is 6.09 Å². The van der Waals surface area contributed by atoms with Gasteiger partial charge < -0.3 is 10.1 Å². The molecule has 5 heteroatoms. The molecule has 1 heterocycles. The molecule has 0 bridgehead atoms. The molecule has 0 aliphatic carbocycles. The van der Waals surface area contributed by atoms with Crippen LogP contribution in [0, 0.1) is 13.8 Å². The molecule has 5 nitrogen and oxygen atoms in total. The average Bonchev–Trinajstić information content (AvgIpc) is 2.60. The molecule has 1 amide bonds. The number of amides is 1. The molecule has 1 aromatic heterocycles. The number of nitrogens with zero attached hydrogens (tertiary/aromatic N) is 2. The van der Waals surface area contributed by atoms with Crippen LogP contribution in [0.15, 0.2) is 12.1 Å². The van der Waals surface area contributed by atoms with E-state index in [0.717, 1.165) is 27.1 Å². The summed E-state index contributed by atoms with van der Waals surface area (Å²) in [6, 6.07) is 3.91. The quantitative estimate of drug-likeness (QED) is 0.773. The van der Waals surface area contributed by atoms with Crippen LogP contribution in [0.3, 0.4) is 0 Å². The second-order valence-electron chi connectivity index (χ2n) is 3.86. The fourth-order valence-electron chi connectivity index (χ4n) is 1.51. The highest BCUT2D eigenvalue weighted by atomic mass is 16.4. The average molecular weight is 219 g/mol. The minimum absolute atomic E-state index is 0.340. The maximum absolute atomic E-state index is 10.8. The number of carbonyl (C=O) groups is 1. The van der Waals surface area contributed by atoms with E-state index in [1.54, 1.807) is 0 Å². The molecule has 0 atom stereocenters. The Morgan fingerprint density at radius 1 is 1.38 bits per heavy atom. The van der Waals surface area contributed by atoms with E-state index in [-0.39, 0.29) is 0 Å². The molecule has 0 spiro atoms. The first-order chi connectivity index (χ1) is 7.49. The number of aromatic amines is 1. The molecule has 0 fully saturated rings. The summed E-state index contributed by atoms with van der Waals surface area (Å²) >= 11 is 0. The van der Waals surface area contributed by atoms with E-state index in [2.05, 4.69) is 9.97 Å². The Morgan fingerprint density at radius 2 is 2.00 bits per heavy atom. The standard InChI is InChI=1S/C11H13N3O2/c1-6-4-8-9(5-7(6)2)13-10(12-8)14(3)11(15)16/h4-5H,1-3H3,(H,12,13)(H,15,16). The van der Waals surface area contributed by atoms with Gasteiger partial charge in [-0.15, -0.1) is 0 Å². The molecule has 0 unspecified atom stereocenters. The van der Waals surface area contributed by atoms with Gasteiger partial charge in [-0.2, -0.15) is 0 Å². The van der Waals surface area contributed by atoms with Crippen molar-refractivity contribution < 1.29 is 9.90 Å². The van der Waals surface area contributed by atoms with Gasteiger partial charge in [0.25, 0.3) is 0 Å². The molecule has 0 aliphatic heterocycles. The highest BCUT2D eigenvalue weighted by Gasteiger charge is 2.13. The molecule has 2 aromatic rings. The van der Waals surface area contributed by atoms with Crippen molar-refractivity contribution in [2.24, 2.45) is 0 Å². The summed E-state index contributed by atoms with van der Waals surface area (Å²) in [5, 5.41) is 8.84. The lowest BCUT2D eigenvalue weighted by molar-refractivity contribution is 0.203. The number of hydrogen-bond donors (Lipinski definition) is 2. The molecule has 0 saturated heterocycles. The van der Waals surface area contributed by atoms with Crippen LogP contribution in [0.2, 0.25) is 0 Å². The van der Waals surface area contributed by atoms with Crippen LogP contribution in [-0.4, -0.2) is 28.2 Å². The number of imidazole rings is 1. The first-order valence-electron chi connectivity index (χ1n) is 4.92. The van der Waals surface area contributed by atoms with Gasteiger partial charge in [0.1, 0.15) is 0 Å². The molecule has 2 rings (SSSR count). The van der Waals surface area contributed by atoms with E-state index in [4.69, 9.17) is 5.11 Å². The van der Waals surface area contributed by atoms with Crippen molar-refractivity contribution in [3.63, 3.8) is 0 Å². The molecule has 16 heavy (non-hydrogen) atoms. The number of carboxylic acid groups (broad SMARTS) is 1. The Hall–Kier alpha value is -2.04. The van der Waals surface area contributed by atoms with Gasteiger partial charge in [0.2, 0.25) is 5.95 Å². The summed E-state index contributed by atoms with van der Waals surface area (Å²) in [5.74, 6) is 0.340. The van der Waals surface area contributed by atoms with Crippen molar-refractivity contribution in [1.82, 2.24) is 9.97 Å².